The van der Waals surface area contributed by atoms with Gasteiger partial charge in [-0.3, -0.25) is 4.79 Å². The monoisotopic (exact) mass is 336 g/mol. The Morgan fingerprint density at radius 1 is 1.23 bits per heavy atom. The van der Waals surface area contributed by atoms with E-state index in [9.17, 15) is 15.0 Å². The van der Waals surface area contributed by atoms with Gasteiger partial charge in [0.15, 0.2) is 11.5 Å². The predicted octanol–water partition coefficient (Wildman–Crippen LogP) is 2.99. The van der Waals surface area contributed by atoms with Crippen molar-refractivity contribution in [2.75, 3.05) is 5.75 Å². The van der Waals surface area contributed by atoms with Crippen LogP contribution in [-0.2, 0) is 4.79 Å². The van der Waals surface area contributed by atoms with Crippen LogP contribution in [0.25, 0.3) is 0 Å². The highest BCUT2D eigenvalue weighted by Gasteiger charge is 2.04. The number of phenols is 2. The Morgan fingerprint density at radius 3 is 2.68 bits per heavy atom. The Hall–Kier alpha value is -2.18. The summed E-state index contributed by atoms with van der Waals surface area (Å²) in [7, 11) is 0. The molecule has 1 amide bonds. The molecule has 0 saturated heterocycles. The fourth-order valence-electron chi connectivity index (χ4n) is 1.54. The van der Waals surface area contributed by atoms with Gasteiger partial charge in [0.05, 0.1) is 12.0 Å². The molecule has 0 aliphatic rings. The molecule has 2 rings (SSSR count). The van der Waals surface area contributed by atoms with Gasteiger partial charge in [-0.15, -0.1) is 11.8 Å². The van der Waals surface area contributed by atoms with E-state index in [2.05, 4.69) is 10.5 Å². The number of benzene rings is 2. The van der Waals surface area contributed by atoms with Crippen molar-refractivity contribution < 1.29 is 15.0 Å². The maximum atomic E-state index is 11.6. The second-order valence-corrected chi connectivity index (χ2v) is 5.74. The highest BCUT2D eigenvalue weighted by molar-refractivity contribution is 8.00. The zero-order valence-electron chi connectivity index (χ0n) is 11.4. The Morgan fingerprint density at radius 2 is 1.95 bits per heavy atom. The van der Waals surface area contributed by atoms with Gasteiger partial charge in [-0.25, -0.2) is 5.43 Å². The van der Waals surface area contributed by atoms with Crippen LogP contribution in [-0.4, -0.2) is 28.1 Å². The first kappa shape index (κ1) is 16.2. The van der Waals surface area contributed by atoms with E-state index in [-0.39, 0.29) is 23.2 Å². The minimum Gasteiger partial charge on any atom is -0.504 e. The molecule has 0 spiro atoms. The van der Waals surface area contributed by atoms with Gasteiger partial charge in [-0.05, 0) is 36.4 Å². The molecule has 5 nitrogen and oxygen atoms in total. The summed E-state index contributed by atoms with van der Waals surface area (Å²) in [5, 5.41) is 23.3. The van der Waals surface area contributed by atoms with Gasteiger partial charge in [-0.2, -0.15) is 5.10 Å². The van der Waals surface area contributed by atoms with Crippen molar-refractivity contribution in [1.82, 2.24) is 5.43 Å². The molecule has 0 radical (unpaired) electrons. The Balaban J connectivity index is 1.83. The second kappa shape index (κ2) is 7.72. The third-order valence-electron chi connectivity index (χ3n) is 2.62. The van der Waals surface area contributed by atoms with Crippen molar-refractivity contribution in [3.05, 3.63) is 53.1 Å². The lowest BCUT2D eigenvalue weighted by molar-refractivity contribution is -0.118. The molecule has 0 atom stereocenters. The quantitative estimate of drug-likeness (QED) is 0.339. The highest BCUT2D eigenvalue weighted by atomic mass is 35.5. The molecule has 2 aromatic carbocycles. The van der Waals surface area contributed by atoms with Crippen molar-refractivity contribution in [2.45, 2.75) is 4.90 Å². The van der Waals surface area contributed by atoms with Crippen LogP contribution in [0.4, 0.5) is 0 Å². The average molecular weight is 337 g/mol. The van der Waals surface area contributed by atoms with E-state index in [1.165, 1.54) is 24.0 Å². The number of aromatic hydroxyl groups is 2. The number of para-hydroxylation sites is 1. The van der Waals surface area contributed by atoms with Crippen molar-refractivity contribution in [1.29, 1.82) is 0 Å². The summed E-state index contributed by atoms with van der Waals surface area (Å²) in [5.74, 6) is -0.606. The molecular formula is C15H13ClN2O3S. The first-order valence-corrected chi connectivity index (χ1v) is 7.64. The molecule has 2 aromatic rings. The summed E-state index contributed by atoms with van der Waals surface area (Å²) in [4.78, 5) is 12.6. The fraction of sp³-hybridized carbons (Fsp3) is 0.0667. The number of rotatable bonds is 5. The Bertz CT molecular complexity index is 690. The molecule has 0 fully saturated rings. The molecule has 0 heterocycles. The zero-order chi connectivity index (χ0) is 15.9. The number of amides is 1. The number of nitrogens with zero attached hydrogens (tertiary/aromatic N) is 1. The fourth-order valence-corrected chi connectivity index (χ4v) is 2.36. The Kier molecular flexibility index (Phi) is 5.68. The molecule has 0 aliphatic carbocycles. The van der Waals surface area contributed by atoms with E-state index < -0.39 is 0 Å². The topological polar surface area (TPSA) is 81.9 Å². The minimum atomic E-state index is -0.282. The predicted molar refractivity (Wildman–Crippen MR) is 87.7 cm³/mol. The van der Waals surface area contributed by atoms with Crippen LogP contribution in [0.2, 0.25) is 5.02 Å². The summed E-state index contributed by atoms with van der Waals surface area (Å²) >= 11 is 7.13. The minimum absolute atomic E-state index is 0.199. The summed E-state index contributed by atoms with van der Waals surface area (Å²) in [6.45, 7) is 0. The average Bonchev–Trinajstić information content (AvgIpc) is 2.51. The lowest BCUT2D eigenvalue weighted by Crippen LogP contribution is -2.19. The van der Waals surface area contributed by atoms with Crippen LogP contribution >= 0.6 is 23.4 Å². The van der Waals surface area contributed by atoms with Gasteiger partial charge in [0.25, 0.3) is 0 Å². The molecule has 0 aliphatic heterocycles. The van der Waals surface area contributed by atoms with Crippen molar-refractivity contribution >= 4 is 35.5 Å². The lowest BCUT2D eigenvalue weighted by Gasteiger charge is -2.02. The standard InChI is InChI=1S/C15H13ClN2O3S/c16-11-4-6-12(7-5-11)22-9-14(20)18-17-8-10-2-1-3-13(19)15(10)21/h1-8,19,21H,9H2,(H,18,20)/b17-8+. The summed E-state index contributed by atoms with van der Waals surface area (Å²) < 4.78 is 0. The zero-order valence-corrected chi connectivity index (χ0v) is 12.9. The molecule has 114 valence electrons. The van der Waals surface area contributed by atoms with Gasteiger partial charge in [-0.1, -0.05) is 17.7 Å². The van der Waals surface area contributed by atoms with Gasteiger partial charge in [0, 0.05) is 15.5 Å². The van der Waals surface area contributed by atoms with Crippen LogP contribution in [0.5, 0.6) is 11.5 Å². The third kappa shape index (κ3) is 4.68. The normalized spacial score (nSPS) is 10.8. The van der Waals surface area contributed by atoms with Crippen LogP contribution in [0.15, 0.2) is 52.5 Å². The van der Waals surface area contributed by atoms with E-state index >= 15 is 0 Å². The number of hydrogen-bond acceptors (Lipinski definition) is 5. The number of thioether (sulfide) groups is 1. The maximum Gasteiger partial charge on any atom is 0.250 e. The first-order valence-electron chi connectivity index (χ1n) is 6.27. The van der Waals surface area contributed by atoms with Crippen molar-refractivity contribution in [2.24, 2.45) is 5.10 Å². The summed E-state index contributed by atoms with van der Waals surface area (Å²) in [5.41, 5.74) is 2.66. The molecule has 22 heavy (non-hydrogen) atoms. The van der Waals surface area contributed by atoms with Crippen molar-refractivity contribution in [3.8, 4) is 11.5 Å². The largest absolute Gasteiger partial charge is 0.504 e. The SMILES string of the molecule is O=C(CSc1ccc(Cl)cc1)N/N=C/c1cccc(O)c1O. The number of hydrazone groups is 1. The smallest absolute Gasteiger partial charge is 0.250 e. The lowest BCUT2D eigenvalue weighted by atomic mass is 10.2. The second-order valence-electron chi connectivity index (χ2n) is 4.25. The van der Waals surface area contributed by atoms with Gasteiger partial charge < -0.3 is 10.2 Å². The number of halogens is 1. The highest BCUT2D eigenvalue weighted by Crippen LogP contribution is 2.26. The number of phenolic OH excluding ortho intramolecular Hbond substituents is 2. The van der Waals surface area contributed by atoms with Crippen LogP contribution in [0.3, 0.4) is 0 Å². The number of carbonyl (C=O) groups is 1. The van der Waals surface area contributed by atoms with Crippen LogP contribution < -0.4 is 5.43 Å². The number of nitrogens with one attached hydrogen (secondary N) is 1. The molecular weight excluding hydrogens is 324 g/mol. The van der Waals surface area contributed by atoms with Crippen molar-refractivity contribution in [3.63, 3.8) is 0 Å². The van der Waals surface area contributed by atoms with E-state index in [1.807, 2.05) is 12.1 Å². The third-order valence-corrected chi connectivity index (χ3v) is 3.89. The first-order chi connectivity index (χ1) is 10.6. The Labute approximate surface area is 136 Å². The number of hydrogen-bond donors (Lipinski definition) is 3. The van der Waals surface area contributed by atoms with Gasteiger partial charge >= 0.3 is 0 Å². The molecule has 0 aromatic heterocycles. The van der Waals surface area contributed by atoms with E-state index in [1.54, 1.807) is 24.3 Å². The molecule has 0 bridgehead atoms. The molecule has 3 N–H and O–H groups in total. The maximum absolute atomic E-state index is 11.6. The van der Waals surface area contributed by atoms with Crippen LogP contribution in [0, 0.1) is 0 Å². The van der Waals surface area contributed by atoms with E-state index in [4.69, 9.17) is 11.6 Å². The molecule has 0 unspecified atom stereocenters. The van der Waals surface area contributed by atoms with Gasteiger partial charge in [0.2, 0.25) is 5.91 Å². The molecule has 0 saturated carbocycles. The molecule has 7 heteroatoms. The van der Waals surface area contributed by atoms with Crippen LogP contribution in [0.1, 0.15) is 5.56 Å². The number of carbonyl (C=O) groups excluding carboxylic acids is 1. The van der Waals surface area contributed by atoms with E-state index in [0.29, 0.717) is 10.6 Å². The summed E-state index contributed by atoms with van der Waals surface area (Å²) in [6.07, 6.45) is 1.26. The summed E-state index contributed by atoms with van der Waals surface area (Å²) in [6, 6.07) is 11.6. The van der Waals surface area contributed by atoms with E-state index in [0.717, 1.165) is 4.90 Å². The van der Waals surface area contributed by atoms with Gasteiger partial charge in [0.1, 0.15) is 0 Å².